The highest BCUT2D eigenvalue weighted by molar-refractivity contribution is 7.13. The molecule has 0 spiro atoms. The Labute approximate surface area is 308 Å². The molecule has 2 N–H and O–H groups in total. The van der Waals surface area contributed by atoms with Crippen LogP contribution in [0.5, 0.6) is 0 Å². The first-order valence-electron chi connectivity index (χ1n) is 18.5. The number of Topliss-reactive ketones (excluding diaryl/α,β-unsaturated/α-hetero) is 1. The number of aryl methyl sites for hydroxylation is 1. The first-order chi connectivity index (χ1) is 23.6. The molecule has 280 valence electrons. The molecule has 0 aromatic carbocycles. The van der Waals surface area contributed by atoms with Gasteiger partial charge in [0.1, 0.15) is 22.5 Å². The first kappa shape index (κ1) is 46.6. The molecule has 0 radical (unpaired) electrons. The van der Waals surface area contributed by atoms with E-state index in [1.54, 1.807) is 13.3 Å². The highest BCUT2D eigenvalue weighted by atomic mass is 35.5. The minimum absolute atomic E-state index is 0.0274. The maximum atomic E-state index is 13.2. The average Bonchev–Trinajstić information content (AvgIpc) is 3.64. The molecule has 11 heteroatoms. The summed E-state index contributed by atoms with van der Waals surface area (Å²) in [5.41, 5.74) is 2.04. The van der Waals surface area contributed by atoms with Crippen LogP contribution in [0.3, 0.4) is 0 Å². The smallest absolute Gasteiger partial charge is 0.188 e. The molecule has 9 nitrogen and oxygen atoms in total. The van der Waals surface area contributed by atoms with E-state index < -0.39 is 0 Å². The summed E-state index contributed by atoms with van der Waals surface area (Å²) in [5, 5.41) is 8.62. The minimum atomic E-state index is -0.366. The van der Waals surface area contributed by atoms with E-state index in [9.17, 15) is 4.79 Å². The molecule has 2 aromatic heterocycles. The van der Waals surface area contributed by atoms with Crippen molar-refractivity contribution in [3.05, 3.63) is 50.2 Å². The number of nitrogens with one attached hydrogen (secondary N) is 2. The molecule has 2 aromatic rings. The molecule has 1 aliphatic carbocycles. The summed E-state index contributed by atoms with van der Waals surface area (Å²) in [6.45, 7) is 32.1. The lowest BCUT2D eigenvalue weighted by Crippen LogP contribution is -2.47. The fourth-order valence-corrected chi connectivity index (χ4v) is 6.78. The zero-order valence-corrected chi connectivity index (χ0v) is 34.8. The number of carbonyl (C=O) groups excluding carboxylic acids is 1. The second kappa shape index (κ2) is 25.6. The van der Waals surface area contributed by atoms with Crippen LogP contribution in [-0.4, -0.2) is 84.2 Å². The van der Waals surface area contributed by atoms with Crippen molar-refractivity contribution in [3.63, 3.8) is 0 Å². The summed E-state index contributed by atoms with van der Waals surface area (Å²) in [6.07, 6.45) is 6.56. The summed E-state index contributed by atoms with van der Waals surface area (Å²) in [7, 11) is 1.74. The summed E-state index contributed by atoms with van der Waals surface area (Å²) in [5.74, 6) is 2.43. The van der Waals surface area contributed by atoms with Gasteiger partial charge >= 0.3 is 0 Å². The van der Waals surface area contributed by atoms with Crippen molar-refractivity contribution in [1.29, 1.82) is 0 Å². The maximum Gasteiger partial charge on any atom is 0.188 e. The predicted octanol–water partition coefficient (Wildman–Crippen LogP) is 9.46. The number of ketones is 1. The Morgan fingerprint density at radius 1 is 1.06 bits per heavy atom. The van der Waals surface area contributed by atoms with Crippen LogP contribution < -0.4 is 15.5 Å². The van der Waals surface area contributed by atoms with Crippen LogP contribution >= 0.6 is 22.9 Å². The number of nitrogens with zero attached hydrogens (tertiary/aromatic N) is 5. The molecular weight excluding hydrogens is 654 g/mol. The third-order valence-corrected chi connectivity index (χ3v) is 9.64. The summed E-state index contributed by atoms with van der Waals surface area (Å²) < 4.78 is 5.22. The molecule has 3 heterocycles. The Balaban J connectivity index is 0.00000268. The van der Waals surface area contributed by atoms with Gasteiger partial charge in [-0.25, -0.2) is 15.0 Å². The van der Waals surface area contributed by atoms with Crippen LogP contribution in [0.4, 0.5) is 11.6 Å². The largest absolute Gasteiger partial charge is 0.383 e. The second-order valence-electron chi connectivity index (χ2n) is 11.1. The van der Waals surface area contributed by atoms with Gasteiger partial charge in [-0.2, -0.15) is 0 Å². The Hall–Kier alpha value is -2.37. The van der Waals surface area contributed by atoms with Gasteiger partial charge in [0.15, 0.2) is 5.78 Å². The first-order valence-corrected chi connectivity index (χ1v) is 19.7. The Morgan fingerprint density at radius 3 is 2.27 bits per heavy atom. The normalized spacial score (nSPS) is 16.1. The molecule has 0 bridgehead atoms. The van der Waals surface area contributed by atoms with Gasteiger partial charge in [-0.3, -0.25) is 9.69 Å². The molecule has 0 saturated carbocycles. The van der Waals surface area contributed by atoms with Crippen LogP contribution in [0, 0.1) is 6.92 Å². The third kappa shape index (κ3) is 14.4. The number of hydrogen-bond donors (Lipinski definition) is 2. The number of hydrogen-bond acceptors (Lipinski definition) is 10. The van der Waals surface area contributed by atoms with E-state index in [4.69, 9.17) is 21.3 Å². The lowest BCUT2D eigenvalue weighted by molar-refractivity contribution is 0.0985. The zero-order chi connectivity index (χ0) is 37.6. The van der Waals surface area contributed by atoms with Crippen molar-refractivity contribution < 1.29 is 9.53 Å². The molecule has 49 heavy (non-hydrogen) atoms. The third-order valence-electron chi connectivity index (χ3n) is 8.07. The highest BCUT2D eigenvalue weighted by Crippen LogP contribution is 2.37. The van der Waals surface area contributed by atoms with Crippen molar-refractivity contribution in [2.45, 2.75) is 121 Å². The lowest BCUT2D eigenvalue weighted by Gasteiger charge is -2.35. The molecule has 2 aliphatic rings. The van der Waals surface area contributed by atoms with Crippen molar-refractivity contribution >= 4 is 40.4 Å². The van der Waals surface area contributed by atoms with Crippen LogP contribution in [0.15, 0.2) is 34.5 Å². The van der Waals surface area contributed by atoms with E-state index in [2.05, 4.69) is 57.2 Å². The number of aromatic nitrogens is 3. The molecule has 2 unspecified atom stereocenters. The molecule has 1 aliphatic heterocycles. The Morgan fingerprint density at radius 2 is 1.69 bits per heavy atom. The number of thiazole rings is 1. The van der Waals surface area contributed by atoms with Crippen molar-refractivity contribution in [2.75, 3.05) is 63.2 Å². The SMILES string of the molecule is CC.CC.CC.CC.CCC(C)(NCC(=O)c1cnc(C(C)Nc2cc(N3CCN(CCOC)CC3)nc(C)n2)s1)C1=C(C)CCC=C1Cl. The summed E-state index contributed by atoms with van der Waals surface area (Å²) in [6, 6.07) is 1.90. The van der Waals surface area contributed by atoms with E-state index in [0.717, 1.165) is 91.7 Å². The number of anilines is 2. The van der Waals surface area contributed by atoms with Gasteiger partial charge in [0.05, 0.1) is 24.1 Å². The van der Waals surface area contributed by atoms with Crippen LogP contribution in [0.1, 0.15) is 129 Å². The van der Waals surface area contributed by atoms with Crippen LogP contribution in [0.2, 0.25) is 0 Å². The maximum absolute atomic E-state index is 13.2. The van der Waals surface area contributed by atoms with Gasteiger partial charge in [0, 0.05) is 62.7 Å². The fourth-order valence-electron chi connectivity index (χ4n) is 5.44. The van der Waals surface area contributed by atoms with Crippen molar-refractivity contribution in [3.8, 4) is 0 Å². The average molecular weight is 723 g/mol. The molecule has 0 amide bonds. The monoisotopic (exact) mass is 721 g/mol. The molecule has 1 saturated heterocycles. The van der Waals surface area contributed by atoms with Gasteiger partial charge < -0.3 is 20.3 Å². The lowest BCUT2D eigenvalue weighted by atomic mass is 9.82. The van der Waals surface area contributed by atoms with Gasteiger partial charge in [-0.1, -0.05) is 85.6 Å². The van der Waals surface area contributed by atoms with Crippen LogP contribution in [0.25, 0.3) is 0 Å². The van der Waals surface area contributed by atoms with E-state index in [-0.39, 0.29) is 23.9 Å². The van der Waals surface area contributed by atoms with Crippen LogP contribution in [-0.2, 0) is 4.74 Å². The number of carbonyl (C=O) groups is 1. The Kier molecular flexibility index (Phi) is 24.3. The van der Waals surface area contributed by atoms with Gasteiger partial charge in [0.2, 0.25) is 0 Å². The quantitative estimate of drug-likeness (QED) is 0.196. The topological polar surface area (TPSA) is 95.5 Å². The van der Waals surface area contributed by atoms with E-state index in [0.29, 0.717) is 4.88 Å². The predicted molar refractivity (Wildman–Crippen MR) is 214 cm³/mol. The number of rotatable bonds is 13. The summed E-state index contributed by atoms with van der Waals surface area (Å²) in [4.78, 5) is 32.4. The number of halogens is 1. The second-order valence-corrected chi connectivity index (χ2v) is 12.6. The molecular formula is C38H68ClN7O2S. The highest BCUT2D eigenvalue weighted by Gasteiger charge is 2.32. The summed E-state index contributed by atoms with van der Waals surface area (Å²) >= 11 is 8.03. The number of piperazine rings is 1. The van der Waals surface area contributed by atoms with E-state index in [1.165, 1.54) is 16.9 Å². The van der Waals surface area contributed by atoms with Gasteiger partial charge in [-0.05, 0) is 52.5 Å². The zero-order valence-electron chi connectivity index (χ0n) is 33.2. The minimum Gasteiger partial charge on any atom is -0.383 e. The fraction of sp³-hybridized carbons (Fsp3) is 0.684. The van der Waals surface area contributed by atoms with Crippen molar-refractivity contribution in [1.82, 2.24) is 25.2 Å². The van der Waals surface area contributed by atoms with Crippen molar-refractivity contribution in [2.24, 2.45) is 0 Å². The van der Waals surface area contributed by atoms with E-state index in [1.807, 2.05) is 75.3 Å². The molecule has 1 fully saturated rings. The number of allylic oxidation sites excluding steroid dienone is 2. The molecule has 2 atom stereocenters. The number of methoxy groups -OCH3 is 1. The standard InChI is InChI=1S/C30H44ClN7O2S.4C2H6/c1-7-30(5,28-20(2)9-8-10-23(28)31)33-18-24(39)25-19-32-29(41-25)21(3)34-26-17-27(36-22(4)35-26)38-13-11-37(12-14-38)15-16-40-6;4*1-2/h10,17,19,21,33H,7-9,11-16,18H2,1-6H3,(H,34,35,36);4*1-2H3. The van der Waals surface area contributed by atoms with E-state index >= 15 is 0 Å². The molecule has 4 rings (SSSR count). The number of ether oxygens (including phenoxy) is 1. The Bertz CT molecular complexity index is 1270. The van der Waals surface area contributed by atoms with Gasteiger partial charge in [0.25, 0.3) is 0 Å². The van der Waals surface area contributed by atoms with Gasteiger partial charge in [-0.15, -0.1) is 11.3 Å².